The van der Waals surface area contributed by atoms with Gasteiger partial charge in [-0.05, 0) is 66.7 Å². The third-order valence-corrected chi connectivity index (χ3v) is 5.87. The van der Waals surface area contributed by atoms with Crippen LogP contribution in [0.2, 0.25) is 5.02 Å². The molecule has 4 rings (SSSR count). The number of rotatable bonds is 3. The average molecular weight is 528 g/mol. The van der Waals surface area contributed by atoms with E-state index in [0.29, 0.717) is 33.0 Å². The van der Waals surface area contributed by atoms with Gasteiger partial charge in [0.1, 0.15) is 5.58 Å². The van der Waals surface area contributed by atoms with Crippen LogP contribution in [0.3, 0.4) is 0 Å². The number of hydrogen-bond acceptors (Lipinski definition) is 4. The quantitative estimate of drug-likeness (QED) is 0.241. The van der Waals surface area contributed by atoms with Crippen LogP contribution in [0.15, 0.2) is 80.4 Å². The van der Waals surface area contributed by atoms with E-state index in [9.17, 15) is 9.59 Å². The molecule has 32 heavy (non-hydrogen) atoms. The van der Waals surface area contributed by atoms with Crippen LogP contribution in [0.5, 0.6) is 0 Å². The van der Waals surface area contributed by atoms with E-state index in [2.05, 4.69) is 26.6 Å². The molecule has 2 N–H and O–H groups in total. The van der Waals surface area contributed by atoms with Gasteiger partial charge in [-0.3, -0.25) is 10.1 Å². The maximum atomic E-state index is 12.6. The Balaban J connectivity index is 1.59. The molecular weight excluding hydrogens is 512 g/mol. The smallest absolute Gasteiger partial charge is 0.344 e. The highest BCUT2D eigenvalue weighted by Crippen LogP contribution is 2.26. The zero-order valence-electron chi connectivity index (χ0n) is 16.7. The number of para-hydroxylation sites is 1. The predicted octanol–water partition coefficient (Wildman–Crippen LogP) is 6.31. The van der Waals surface area contributed by atoms with Gasteiger partial charge in [-0.1, -0.05) is 57.9 Å². The van der Waals surface area contributed by atoms with Gasteiger partial charge in [0.25, 0.3) is 5.91 Å². The fourth-order valence-corrected chi connectivity index (χ4v) is 3.95. The molecule has 0 saturated heterocycles. The Bertz CT molecular complexity index is 1430. The minimum Gasteiger partial charge on any atom is -0.422 e. The Morgan fingerprint density at radius 1 is 1.06 bits per heavy atom. The molecule has 1 aromatic heterocycles. The van der Waals surface area contributed by atoms with Crippen molar-refractivity contribution >= 4 is 67.4 Å². The molecule has 4 aromatic rings. The molecule has 1 heterocycles. The van der Waals surface area contributed by atoms with Crippen molar-refractivity contribution < 1.29 is 9.21 Å². The molecule has 0 atom stereocenters. The molecule has 0 radical (unpaired) electrons. The Morgan fingerprint density at radius 2 is 1.84 bits per heavy atom. The van der Waals surface area contributed by atoms with Crippen molar-refractivity contribution in [3.63, 3.8) is 0 Å². The summed E-state index contributed by atoms with van der Waals surface area (Å²) in [6.45, 7) is 1.89. The fraction of sp³-hybridized carbons (Fsp3) is 0.0417. The number of thiocarbonyl (C=S) groups is 1. The summed E-state index contributed by atoms with van der Waals surface area (Å²) in [5.41, 5.74) is 3.03. The minimum atomic E-state index is -0.433. The lowest BCUT2D eigenvalue weighted by Gasteiger charge is -2.14. The van der Waals surface area contributed by atoms with Crippen LogP contribution < -0.4 is 16.3 Å². The third-order valence-electron chi connectivity index (χ3n) is 4.84. The summed E-state index contributed by atoms with van der Waals surface area (Å²) in [6, 6.07) is 19.6. The van der Waals surface area contributed by atoms with Crippen molar-refractivity contribution in [2.75, 3.05) is 5.32 Å². The van der Waals surface area contributed by atoms with E-state index >= 15 is 0 Å². The monoisotopic (exact) mass is 526 g/mol. The van der Waals surface area contributed by atoms with Crippen LogP contribution in [-0.2, 0) is 0 Å². The van der Waals surface area contributed by atoms with Crippen LogP contribution >= 0.6 is 39.7 Å². The first-order valence-electron chi connectivity index (χ1n) is 9.53. The van der Waals surface area contributed by atoms with E-state index in [0.717, 1.165) is 15.4 Å². The van der Waals surface area contributed by atoms with Crippen LogP contribution in [0.1, 0.15) is 15.9 Å². The topological polar surface area (TPSA) is 71.3 Å². The molecule has 0 fully saturated rings. The van der Waals surface area contributed by atoms with Gasteiger partial charge < -0.3 is 9.73 Å². The van der Waals surface area contributed by atoms with Crippen molar-refractivity contribution in [3.05, 3.63) is 97.8 Å². The number of amides is 1. The number of fused-ring (bicyclic) bond motifs is 1. The number of carbonyl (C=O) groups is 1. The largest absolute Gasteiger partial charge is 0.422 e. The number of hydrogen-bond donors (Lipinski definition) is 2. The van der Waals surface area contributed by atoms with Gasteiger partial charge in [0.2, 0.25) is 0 Å². The molecule has 3 aromatic carbocycles. The summed E-state index contributed by atoms with van der Waals surface area (Å²) in [4.78, 5) is 25.1. The average Bonchev–Trinajstić information content (AvgIpc) is 2.76. The summed E-state index contributed by atoms with van der Waals surface area (Å²) >= 11 is 14.8. The first-order valence-corrected chi connectivity index (χ1v) is 11.1. The van der Waals surface area contributed by atoms with E-state index in [1.54, 1.807) is 36.4 Å². The maximum absolute atomic E-state index is 12.6. The molecule has 8 heteroatoms. The zero-order chi connectivity index (χ0) is 22.8. The van der Waals surface area contributed by atoms with Crippen molar-refractivity contribution in [3.8, 4) is 11.1 Å². The number of nitrogens with one attached hydrogen (secondary N) is 2. The summed E-state index contributed by atoms with van der Waals surface area (Å²) in [6.07, 6.45) is 0. The van der Waals surface area contributed by atoms with Gasteiger partial charge in [0.05, 0.1) is 16.1 Å². The van der Waals surface area contributed by atoms with Gasteiger partial charge in [-0.2, -0.15) is 0 Å². The van der Waals surface area contributed by atoms with Crippen molar-refractivity contribution in [1.82, 2.24) is 5.32 Å². The maximum Gasteiger partial charge on any atom is 0.344 e. The number of halogens is 2. The van der Waals surface area contributed by atoms with Crippen LogP contribution in [0, 0.1) is 6.92 Å². The zero-order valence-corrected chi connectivity index (χ0v) is 19.9. The number of carbonyl (C=O) groups excluding carboxylic acids is 1. The number of aryl methyl sites for hydroxylation is 1. The summed E-state index contributed by atoms with van der Waals surface area (Å²) in [5, 5.41) is 6.90. The second-order valence-electron chi connectivity index (χ2n) is 7.05. The van der Waals surface area contributed by atoms with Gasteiger partial charge in [0, 0.05) is 15.5 Å². The lowest BCUT2D eigenvalue weighted by atomic mass is 10.0. The standard InChI is InChI=1S/C24H16BrClN2O3S/c1-13-6-7-14(17-10-15-4-2-3-5-21(15)31-23(17)30)11-20(13)27-24(32)28-22(29)18-12-16(25)8-9-19(18)26/h2-12H,1H3,(H2,27,28,29,32). The van der Waals surface area contributed by atoms with E-state index in [1.165, 1.54) is 0 Å². The molecule has 0 aliphatic carbocycles. The Hall–Kier alpha value is -3.00. The highest BCUT2D eigenvalue weighted by molar-refractivity contribution is 9.10. The molecule has 0 spiro atoms. The highest BCUT2D eigenvalue weighted by Gasteiger charge is 2.14. The molecule has 1 amide bonds. The molecule has 0 bridgehead atoms. The van der Waals surface area contributed by atoms with Gasteiger partial charge >= 0.3 is 5.63 Å². The second-order valence-corrected chi connectivity index (χ2v) is 8.78. The molecule has 0 saturated carbocycles. The Labute approximate surface area is 202 Å². The van der Waals surface area contributed by atoms with Gasteiger partial charge in [-0.15, -0.1) is 0 Å². The van der Waals surface area contributed by atoms with Crippen LogP contribution in [-0.4, -0.2) is 11.0 Å². The first kappa shape index (κ1) is 22.2. The third kappa shape index (κ3) is 4.75. The van der Waals surface area contributed by atoms with Crippen LogP contribution in [0.4, 0.5) is 5.69 Å². The highest BCUT2D eigenvalue weighted by atomic mass is 79.9. The molecule has 160 valence electrons. The van der Waals surface area contributed by atoms with Crippen LogP contribution in [0.25, 0.3) is 22.1 Å². The van der Waals surface area contributed by atoms with Crippen molar-refractivity contribution in [2.24, 2.45) is 0 Å². The summed E-state index contributed by atoms with van der Waals surface area (Å²) in [7, 11) is 0. The minimum absolute atomic E-state index is 0.108. The fourth-order valence-electron chi connectivity index (χ4n) is 3.18. The molecular formula is C24H16BrClN2O3S. The van der Waals surface area contributed by atoms with Crippen molar-refractivity contribution in [2.45, 2.75) is 6.92 Å². The van der Waals surface area contributed by atoms with Gasteiger partial charge in [-0.25, -0.2) is 4.79 Å². The number of benzene rings is 3. The lowest BCUT2D eigenvalue weighted by Crippen LogP contribution is -2.34. The Kier molecular flexibility index (Phi) is 6.41. The predicted molar refractivity (Wildman–Crippen MR) is 135 cm³/mol. The molecule has 0 unspecified atom stereocenters. The second kappa shape index (κ2) is 9.24. The summed E-state index contributed by atoms with van der Waals surface area (Å²) < 4.78 is 6.17. The Morgan fingerprint density at radius 3 is 2.66 bits per heavy atom. The summed E-state index contributed by atoms with van der Waals surface area (Å²) in [5.74, 6) is -0.433. The number of anilines is 1. The van der Waals surface area contributed by atoms with E-state index in [1.807, 2.05) is 37.3 Å². The molecule has 5 nitrogen and oxygen atoms in total. The lowest BCUT2D eigenvalue weighted by molar-refractivity contribution is 0.0978. The SMILES string of the molecule is Cc1ccc(-c2cc3ccccc3oc2=O)cc1NC(=S)NC(=O)c1cc(Br)ccc1Cl. The normalized spacial score (nSPS) is 10.7. The van der Waals surface area contributed by atoms with Crippen molar-refractivity contribution in [1.29, 1.82) is 0 Å². The van der Waals surface area contributed by atoms with E-state index in [-0.39, 0.29) is 5.11 Å². The first-order chi connectivity index (χ1) is 15.3. The van der Waals surface area contributed by atoms with Gasteiger partial charge in [0.15, 0.2) is 5.11 Å². The van der Waals surface area contributed by atoms with E-state index in [4.69, 9.17) is 28.2 Å². The van der Waals surface area contributed by atoms with E-state index < -0.39 is 11.5 Å². The molecule has 0 aliphatic heterocycles. The molecule has 0 aliphatic rings.